The highest BCUT2D eigenvalue weighted by Crippen LogP contribution is 2.34. The molecule has 0 radical (unpaired) electrons. The number of rotatable bonds is 11. The zero-order valence-electron chi connectivity index (χ0n) is 22.7. The van der Waals surface area contributed by atoms with Gasteiger partial charge in [-0.05, 0) is 37.0 Å². The Hall–Kier alpha value is -3.61. The van der Waals surface area contributed by atoms with Gasteiger partial charge in [0.15, 0.2) is 11.5 Å². The van der Waals surface area contributed by atoms with E-state index >= 15 is 0 Å². The standard InChI is InChI=1S/C33H37N3O3/c1-2-3-18-36-29(32(26-11-6-4-7-12-26)34-33(36)27-13-8-5-9-14-27)23-35(22-28-15-10-19-37-28)21-25-16-17-30-31(20-25)39-24-38-30/h4-9,11-14,16-17,20,28H,2-3,10,15,18-19,21-24H2,1H3/t28-/m0/s1. The highest BCUT2D eigenvalue weighted by Gasteiger charge is 2.25. The average Bonchev–Trinajstić information content (AvgIpc) is 3.73. The zero-order chi connectivity index (χ0) is 26.4. The minimum atomic E-state index is 0.250. The van der Waals surface area contributed by atoms with Crippen molar-refractivity contribution < 1.29 is 14.2 Å². The summed E-state index contributed by atoms with van der Waals surface area (Å²) in [6, 6.07) is 27.5. The van der Waals surface area contributed by atoms with Gasteiger partial charge in [-0.15, -0.1) is 0 Å². The molecule has 202 valence electrons. The molecule has 1 fully saturated rings. The smallest absolute Gasteiger partial charge is 0.231 e. The van der Waals surface area contributed by atoms with E-state index in [9.17, 15) is 0 Å². The summed E-state index contributed by atoms with van der Waals surface area (Å²) >= 11 is 0. The molecule has 0 amide bonds. The number of aromatic nitrogens is 2. The Labute approximate surface area is 231 Å². The Kier molecular flexibility index (Phi) is 7.93. The van der Waals surface area contributed by atoms with E-state index in [-0.39, 0.29) is 12.9 Å². The summed E-state index contributed by atoms with van der Waals surface area (Å²) in [5.41, 5.74) is 5.83. The predicted octanol–water partition coefficient (Wildman–Crippen LogP) is 6.93. The van der Waals surface area contributed by atoms with E-state index in [0.717, 1.165) is 92.6 Å². The minimum absolute atomic E-state index is 0.250. The summed E-state index contributed by atoms with van der Waals surface area (Å²) in [5.74, 6) is 2.69. The van der Waals surface area contributed by atoms with Crippen LogP contribution in [-0.2, 0) is 24.4 Å². The first-order valence-electron chi connectivity index (χ1n) is 14.2. The molecule has 0 saturated carbocycles. The molecule has 3 aromatic carbocycles. The average molecular weight is 524 g/mol. The van der Waals surface area contributed by atoms with E-state index < -0.39 is 0 Å². The Morgan fingerprint density at radius 1 is 0.897 bits per heavy atom. The fraction of sp³-hybridized carbons (Fsp3) is 0.364. The maximum Gasteiger partial charge on any atom is 0.231 e. The molecular formula is C33H37N3O3. The van der Waals surface area contributed by atoms with Crippen molar-refractivity contribution in [2.45, 2.75) is 58.3 Å². The van der Waals surface area contributed by atoms with Crippen LogP contribution < -0.4 is 9.47 Å². The van der Waals surface area contributed by atoms with Crippen LogP contribution in [0.2, 0.25) is 0 Å². The van der Waals surface area contributed by atoms with Gasteiger partial charge >= 0.3 is 0 Å². The first kappa shape index (κ1) is 25.7. The molecule has 4 aromatic rings. The van der Waals surface area contributed by atoms with Crippen LogP contribution in [0.15, 0.2) is 78.9 Å². The van der Waals surface area contributed by atoms with Gasteiger partial charge in [-0.2, -0.15) is 0 Å². The topological polar surface area (TPSA) is 48.8 Å². The second-order valence-corrected chi connectivity index (χ2v) is 10.5. The maximum absolute atomic E-state index is 6.11. The van der Waals surface area contributed by atoms with Crippen LogP contribution in [0.1, 0.15) is 43.9 Å². The lowest BCUT2D eigenvalue weighted by Crippen LogP contribution is -2.32. The summed E-state index contributed by atoms with van der Waals surface area (Å²) in [5, 5.41) is 0. The van der Waals surface area contributed by atoms with E-state index in [2.05, 4.69) is 89.2 Å². The van der Waals surface area contributed by atoms with Crippen LogP contribution in [0.5, 0.6) is 11.5 Å². The number of nitrogens with zero attached hydrogens (tertiary/aromatic N) is 3. The van der Waals surface area contributed by atoms with Crippen LogP contribution >= 0.6 is 0 Å². The molecule has 1 aromatic heterocycles. The van der Waals surface area contributed by atoms with Crippen molar-refractivity contribution in [2.24, 2.45) is 0 Å². The van der Waals surface area contributed by atoms with Gasteiger partial charge < -0.3 is 18.8 Å². The Morgan fingerprint density at radius 2 is 1.67 bits per heavy atom. The molecule has 1 atom stereocenters. The summed E-state index contributed by atoms with van der Waals surface area (Å²) in [6.45, 7) is 6.78. The quantitative estimate of drug-likeness (QED) is 0.213. The van der Waals surface area contributed by atoms with Crippen LogP contribution in [0.3, 0.4) is 0 Å². The molecule has 6 rings (SSSR count). The van der Waals surface area contributed by atoms with Crippen molar-refractivity contribution in [3.63, 3.8) is 0 Å². The fourth-order valence-corrected chi connectivity index (χ4v) is 5.61. The normalized spacial score (nSPS) is 16.3. The van der Waals surface area contributed by atoms with E-state index in [1.165, 1.54) is 11.3 Å². The monoisotopic (exact) mass is 523 g/mol. The third-order valence-corrected chi connectivity index (χ3v) is 7.59. The summed E-state index contributed by atoms with van der Waals surface area (Å²) in [6.07, 6.45) is 4.71. The SMILES string of the molecule is CCCCn1c(-c2ccccc2)nc(-c2ccccc2)c1CN(Cc1ccc2c(c1)OCO2)C[C@@H]1CCCO1. The van der Waals surface area contributed by atoms with E-state index in [1.54, 1.807) is 0 Å². The van der Waals surface area contributed by atoms with Crippen LogP contribution in [0.25, 0.3) is 22.6 Å². The molecule has 0 spiro atoms. The zero-order valence-corrected chi connectivity index (χ0v) is 22.7. The molecule has 2 aliphatic heterocycles. The summed E-state index contributed by atoms with van der Waals surface area (Å²) < 4.78 is 19.8. The van der Waals surface area contributed by atoms with Crippen molar-refractivity contribution in [1.29, 1.82) is 0 Å². The van der Waals surface area contributed by atoms with E-state index in [1.807, 2.05) is 6.07 Å². The first-order chi connectivity index (χ1) is 19.3. The van der Waals surface area contributed by atoms with Crippen LogP contribution in [0.4, 0.5) is 0 Å². The first-order valence-corrected chi connectivity index (χ1v) is 14.2. The Balaban J connectivity index is 1.40. The highest BCUT2D eigenvalue weighted by atomic mass is 16.7. The van der Waals surface area contributed by atoms with Gasteiger partial charge in [0.05, 0.1) is 17.5 Å². The Morgan fingerprint density at radius 3 is 2.41 bits per heavy atom. The molecule has 1 saturated heterocycles. The second kappa shape index (κ2) is 12.1. The number of benzene rings is 3. The van der Waals surface area contributed by atoms with Gasteiger partial charge in [0.2, 0.25) is 6.79 Å². The minimum Gasteiger partial charge on any atom is -0.454 e. The van der Waals surface area contributed by atoms with Crippen molar-refractivity contribution >= 4 is 0 Å². The number of unbranched alkanes of at least 4 members (excludes halogenated alkanes) is 1. The lowest BCUT2D eigenvalue weighted by Gasteiger charge is -2.27. The van der Waals surface area contributed by atoms with Crippen molar-refractivity contribution in [2.75, 3.05) is 19.9 Å². The maximum atomic E-state index is 6.11. The molecule has 0 N–H and O–H groups in total. The Bertz CT molecular complexity index is 1360. The van der Waals surface area contributed by atoms with Crippen LogP contribution in [-0.4, -0.2) is 40.5 Å². The number of hydrogen-bond acceptors (Lipinski definition) is 5. The number of hydrogen-bond donors (Lipinski definition) is 0. The lowest BCUT2D eigenvalue weighted by atomic mass is 10.1. The predicted molar refractivity (Wildman–Crippen MR) is 154 cm³/mol. The molecule has 39 heavy (non-hydrogen) atoms. The van der Waals surface area contributed by atoms with Gasteiger partial charge in [0, 0.05) is 43.9 Å². The third kappa shape index (κ3) is 5.87. The van der Waals surface area contributed by atoms with Crippen molar-refractivity contribution in [3.8, 4) is 34.1 Å². The number of imidazole rings is 1. The van der Waals surface area contributed by atoms with Gasteiger partial charge in [-0.1, -0.05) is 80.1 Å². The molecular weight excluding hydrogens is 486 g/mol. The molecule has 0 bridgehead atoms. The fourth-order valence-electron chi connectivity index (χ4n) is 5.61. The van der Waals surface area contributed by atoms with Crippen molar-refractivity contribution in [3.05, 3.63) is 90.1 Å². The van der Waals surface area contributed by atoms with Crippen molar-refractivity contribution in [1.82, 2.24) is 14.5 Å². The molecule has 6 heteroatoms. The molecule has 6 nitrogen and oxygen atoms in total. The third-order valence-electron chi connectivity index (χ3n) is 7.59. The molecule has 3 heterocycles. The molecule has 2 aliphatic rings. The number of fused-ring (bicyclic) bond motifs is 1. The number of ether oxygens (including phenoxy) is 3. The van der Waals surface area contributed by atoms with E-state index in [0.29, 0.717) is 0 Å². The highest BCUT2D eigenvalue weighted by molar-refractivity contribution is 5.68. The second-order valence-electron chi connectivity index (χ2n) is 10.5. The van der Waals surface area contributed by atoms with Crippen LogP contribution in [0, 0.1) is 0 Å². The molecule has 0 unspecified atom stereocenters. The van der Waals surface area contributed by atoms with Gasteiger partial charge in [-0.25, -0.2) is 4.98 Å². The van der Waals surface area contributed by atoms with Gasteiger partial charge in [0.1, 0.15) is 5.82 Å². The molecule has 0 aliphatic carbocycles. The van der Waals surface area contributed by atoms with Gasteiger partial charge in [0.25, 0.3) is 0 Å². The summed E-state index contributed by atoms with van der Waals surface area (Å²) in [7, 11) is 0. The van der Waals surface area contributed by atoms with E-state index in [4.69, 9.17) is 19.2 Å². The largest absolute Gasteiger partial charge is 0.454 e. The van der Waals surface area contributed by atoms with Gasteiger partial charge in [-0.3, -0.25) is 4.90 Å². The lowest BCUT2D eigenvalue weighted by molar-refractivity contribution is 0.0671. The summed E-state index contributed by atoms with van der Waals surface area (Å²) in [4.78, 5) is 7.83.